The molecule has 0 radical (unpaired) electrons. The first-order valence-electron chi connectivity index (χ1n) is 5.90. The van der Waals surface area contributed by atoms with Crippen LogP contribution in [0.25, 0.3) is 0 Å². The number of esters is 2. The molecule has 5 heteroatoms. The lowest BCUT2D eigenvalue weighted by atomic mass is 10.2. The van der Waals surface area contributed by atoms with Crippen LogP contribution >= 0.6 is 0 Å². The zero-order valence-electron chi connectivity index (χ0n) is 11.6. The van der Waals surface area contributed by atoms with Crippen LogP contribution in [0.4, 0.5) is 0 Å². The third kappa shape index (κ3) is 4.28. The van der Waals surface area contributed by atoms with Gasteiger partial charge in [0.2, 0.25) is 0 Å². The second kappa shape index (κ2) is 7.78. The molecule has 20 heavy (non-hydrogen) atoms. The minimum Gasteiger partial charge on any atom is -0.493 e. The highest BCUT2D eigenvalue weighted by atomic mass is 16.6. The summed E-state index contributed by atoms with van der Waals surface area (Å²) >= 11 is 0. The predicted octanol–water partition coefficient (Wildman–Crippen LogP) is 2.52. The van der Waals surface area contributed by atoms with Crippen molar-refractivity contribution in [2.24, 2.45) is 0 Å². The highest BCUT2D eigenvalue weighted by molar-refractivity contribution is 5.90. The van der Waals surface area contributed by atoms with Gasteiger partial charge >= 0.3 is 11.9 Å². The normalized spacial score (nSPS) is 10.8. The van der Waals surface area contributed by atoms with Crippen LogP contribution in [0.5, 0.6) is 11.5 Å². The molecule has 1 aromatic carbocycles. The van der Waals surface area contributed by atoms with E-state index in [1.165, 1.54) is 38.5 Å². The molecule has 0 bridgehead atoms. The molecule has 0 aliphatic carbocycles. The van der Waals surface area contributed by atoms with Crippen LogP contribution in [-0.4, -0.2) is 26.2 Å². The molecular formula is C15H16O5. The average Bonchev–Trinajstić information content (AvgIpc) is 2.47. The molecule has 0 aromatic heterocycles. The summed E-state index contributed by atoms with van der Waals surface area (Å²) in [5.41, 5.74) is 0.314. The summed E-state index contributed by atoms with van der Waals surface area (Å²) in [6.45, 7) is 1.84. The van der Waals surface area contributed by atoms with Gasteiger partial charge in [-0.1, -0.05) is 18.2 Å². The van der Waals surface area contributed by atoms with E-state index in [4.69, 9.17) is 9.47 Å². The number of carbonyl (C=O) groups is 2. The van der Waals surface area contributed by atoms with E-state index in [-0.39, 0.29) is 11.5 Å². The van der Waals surface area contributed by atoms with Crippen molar-refractivity contribution in [3.8, 4) is 11.5 Å². The minimum absolute atomic E-state index is 0.232. The second-order valence-corrected chi connectivity index (χ2v) is 3.66. The van der Waals surface area contributed by atoms with Gasteiger partial charge in [-0.15, -0.1) is 0 Å². The predicted molar refractivity (Wildman–Crippen MR) is 73.9 cm³/mol. The fraction of sp³-hybridized carbons (Fsp3) is 0.200. The zero-order chi connectivity index (χ0) is 15.0. The highest BCUT2D eigenvalue weighted by Crippen LogP contribution is 2.28. The lowest BCUT2D eigenvalue weighted by molar-refractivity contribution is -0.129. The Morgan fingerprint density at radius 2 is 1.85 bits per heavy atom. The summed E-state index contributed by atoms with van der Waals surface area (Å²) in [5.74, 6) is -0.516. The molecule has 1 aromatic rings. The third-order valence-corrected chi connectivity index (χ3v) is 2.33. The summed E-state index contributed by atoms with van der Waals surface area (Å²) in [6.07, 6.45) is 6.35. The van der Waals surface area contributed by atoms with Crippen LogP contribution in [0.2, 0.25) is 0 Å². The van der Waals surface area contributed by atoms with Crippen LogP contribution in [0, 0.1) is 0 Å². The van der Waals surface area contributed by atoms with Crippen LogP contribution in [-0.2, 0) is 9.53 Å². The average molecular weight is 276 g/mol. The van der Waals surface area contributed by atoms with Gasteiger partial charge in [-0.25, -0.2) is 9.59 Å². The maximum Gasteiger partial charge on any atom is 0.337 e. The summed E-state index contributed by atoms with van der Waals surface area (Å²) in [6, 6.07) is 4.42. The largest absolute Gasteiger partial charge is 0.493 e. The lowest BCUT2D eigenvalue weighted by Gasteiger charge is -2.09. The third-order valence-electron chi connectivity index (χ3n) is 2.33. The summed E-state index contributed by atoms with van der Waals surface area (Å²) < 4.78 is 14.8. The first kappa shape index (κ1) is 15.5. The van der Waals surface area contributed by atoms with Crippen molar-refractivity contribution in [2.75, 3.05) is 14.2 Å². The van der Waals surface area contributed by atoms with E-state index in [1.54, 1.807) is 18.2 Å². The summed E-state index contributed by atoms with van der Waals surface area (Å²) in [4.78, 5) is 22.9. The number of rotatable bonds is 5. The molecule has 0 aliphatic rings. The quantitative estimate of drug-likeness (QED) is 0.358. The highest BCUT2D eigenvalue weighted by Gasteiger charge is 2.12. The molecule has 1 rings (SSSR count). The summed E-state index contributed by atoms with van der Waals surface area (Å²) in [7, 11) is 2.71. The Labute approximate surface area is 117 Å². The molecule has 106 valence electrons. The lowest BCUT2D eigenvalue weighted by Crippen LogP contribution is -2.06. The first-order chi connectivity index (χ1) is 9.62. The Hall–Kier alpha value is -2.56. The van der Waals surface area contributed by atoms with Crippen molar-refractivity contribution < 1.29 is 23.8 Å². The van der Waals surface area contributed by atoms with E-state index in [0.29, 0.717) is 5.56 Å². The monoisotopic (exact) mass is 276 g/mol. The molecule has 5 nitrogen and oxygen atoms in total. The molecular weight excluding hydrogens is 260 g/mol. The number of carbonyl (C=O) groups excluding carboxylic acids is 2. The van der Waals surface area contributed by atoms with Gasteiger partial charge in [-0.05, 0) is 25.1 Å². The SMILES string of the molecule is CC=CC=CC(=O)Oc1ccc(C(=O)OC)cc1OC. The van der Waals surface area contributed by atoms with Crippen LogP contribution < -0.4 is 9.47 Å². The molecule has 0 amide bonds. The number of allylic oxidation sites excluding steroid dienone is 3. The molecule has 0 unspecified atom stereocenters. The Morgan fingerprint density at radius 3 is 2.45 bits per heavy atom. The van der Waals surface area contributed by atoms with E-state index >= 15 is 0 Å². The zero-order valence-corrected chi connectivity index (χ0v) is 11.6. The summed E-state index contributed by atoms with van der Waals surface area (Å²) in [5, 5.41) is 0. The van der Waals surface area contributed by atoms with E-state index in [9.17, 15) is 9.59 Å². The van der Waals surface area contributed by atoms with Crippen molar-refractivity contribution in [3.63, 3.8) is 0 Å². The molecule has 0 saturated heterocycles. The van der Waals surface area contributed by atoms with Gasteiger partial charge in [0.05, 0.1) is 19.8 Å². The number of ether oxygens (including phenoxy) is 3. The van der Waals surface area contributed by atoms with Crippen LogP contribution in [0.15, 0.2) is 42.5 Å². The smallest absolute Gasteiger partial charge is 0.337 e. The number of hydrogen-bond donors (Lipinski definition) is 0. The Morgan fingerprint density at radius 1 is 1.10 bits per heavy atom. The van der Waals surface area contributed by atoms with Crippen molar-refractivity contribution >= 4 is 11.9 Å². The fourth-order valence-electron chi connectivity index (χ4n) is 1.38. The van der Waals surface area contributed by atoms with Crippen molar-refractivity contribution in [3.05, 3.63) is 48.1 Å². The van der Waals surface area contributed by atoms with Crippen LogP contribution in [0.3, 0.4) is 0 Å². The Kier molecular flexibility index (Phi) is 6.03. The first-order valence-corrected chi connectivity index (χ1v) is 5.90. The molecule has 0 aliphatic heterocycles. The Bertz CT molecular complexity index is 543. The van der Waals surface area contributed by atoms with Gasteiger partial charge in [-0.2, -0.15) is 0 Å². The van der Waals surface area contributed by atoms with E-state index in [2.05, 4.69) is 4.74 Å². The van der Waals surface area contributed by atoms with Gasteiger partial charge in [-0.3, -0.25) is 0 Å². The van der Waals surface area contributed by atoms with Gasteiger partial charge in [0, 0.05) is 6.08 Å². The molecule has 0 N–H and O–H groups in total. The van der Waals surface area contributed by atoms with Gasteiger partial charge in [0.15, 0.2) is 11.5 Å². The minimum atomic E-state index is -0.535. The van der Waals surface area contributed by atoms with Crippen LogP contribution in [0.1, 0.15) is 17.3 Å². The van der Waals surface area contributed by atoms with Gasteiger partial charge in [0.25, 0.3) is 0 Å². The maximum atomic E-state index is 11.5. The maximum absolute atomic E-state index is 11.5. The van der Waals surface area contributed by atoms with Crippen molar-refractivity contribution in [1.29, 1.82) is 0 Å². The second-order valence-electron chi connectivity index (χ2n) is 3.66. The molecule has 0 fully saturated rings. The van der Waals surface area contributed by atoms with E-state index < -0.39 is 11.9 Å². The van der Waals surface area contributed by atoms with Gasteiger partial charge < -0.3 is 14.2 Å². The van der Waals surface area contributed by atoms with Gasteiger partial charge in [0.1, 0.15) is 0 Å². The number of hydrogen-bond acceptors (Lipinski definition) is 5. The van der Waals surface area contributed by atoms with Crippen molar-refractivity contribution in [1.82, 2.24) is 0 Å². The van der Waals surface area contributed by atoms with E-state index in [0.717, 1.165) is 0 Å². The fourth-order valence-corrected chi connectivity index (χ4v) is 1.38. The molecule has 0 spiro atoms. The number of methoxy groups -OCH3 is 2. The standard InChI is InChI=1S/C15H16O5/c1-4-5-6-7-14(16)20-12-9-8-11(15(17)19-3)10-13(12)18-2/h4-10H,1-3H3. The molecule has 0 saturated carbocycles. The van der Waals surface area contributed by atoms with E-state index in [1.807, 2.05) is 6.92 Å². The molecule has 0 heterocycles. The number of benzene rings is 1. The molecule has 0 atom stereocenters. The Balaban J connectivity index is 2.90. The topological polar surface area (TPSA) is 61.8 Å². The van der Waals surface area contributed by atoms with Crippen molar-refractivity contribution in [2.45, 2.75) is 6.92 Å².